The van der Waals surface area contributed by atoms with Crippen molar-refractivity contribution < 1.29 is 14.6 Å². The molecule has 0 unspecified atom stereocenters. The van der Waals surface area contributed by atoms with Gasteiger partial charge in [-0.1, -0.05) is 96.5 Å². The second-order valence-electron chi connectivity index (χ2n) is 9.51. The van der Waals surface area contributed by atoms with Gasteiger partial charge >= 0.3 is 5.97 Å². The zero-order valence-electron chi connectivity index (χ0n) is 21.9. The molecule has 41 heavy (non-hydrogen) atoms. The molecule has 5 aromatic carbocycles. The second kappa shape index (κ2) is 11.5. The molecule has 6 aromatic rings. The maximum atomic E-state index is 11.0. The van der Waals surface area contributed by atoms with E-state index in [1.54, 1.807) is 6.07 Å². The SMILES string of the molecule is O=C(O)COc1cccc(-c2ccccc2-c2cc(-c3cccc(-c4ccccc4)c3)n(-c3ccc(Cl)cc3)n2)c1. The summed E-state index contributed by atoms with van der Waals surface area (Å²) in [4.78, 5) is 11.0. The topological polar surface area (TPSA) is 64.3 Å². The van der Waals surface area contributed by atoms with Crippen LogP contribution in [0, 0.1) is 0 Å². The normalized spacial score (nSPS) is 10.9. The highest BCUT2D eigenvalue weighted by Gasteiger charge is 2.17. The number of carboxylic acid groups (broad SMARTS) is 1. The zero-order chi connectivity index (χ0) is 28.2. The van der Waals surface area contributed by atoms with E-state index in [4.69, 9.17) is 26.5 Å². The van der Waals surface area contributed by atoms with Crippen LogP contribution in [0.1, 0.15) is 0 Å². The molecule has 0 aliphatic rings. The third-order valence-electron chi connectivity index (χ3n) is 6.76. The average Bonchev–Trinajstić information content (AvgIpc) is 3.47. The van der Waals surface area contributed by atoms with E-state index in [9.17, 15) is 4.79 Å². The number of benzene rings is 5. The number of nitrogens with zero attached hydrogens (tertiary/aromatic N) is 2. The fraction of sp³-hybridized carbons (Fsp3) is 0.0286. The van der Waals surface area contributed by atoms with Crippen molar-refractivity contribution in [3.8, 4) is 56.2 Å². The molecule has 1 heterocycles. The van der Waals surface area contributed by atoms with E-state index in [2.05, 4.69) is 42.5 Å². The van der Waals surface area contributed by atoms with Crippen LogP contribution in [-0.4, -0.2) is 27.5 Å². The van der Waals surface area contributed by atoms with Gasteiger partial charge in [0.25, 0.3) is 0 Å². The summed E-state index contributed by atoms with van der Waals surface area (Å²) in [6.07, 6.45) is 0. The van der Waals surface area contributed by atoms with Gasteiger partial charge in [-0.3, -0.25) is 0 Å². The number of rotatable bonds is 8. The van der Waals surface area contributed by atoms with Crippen molar-refractivity contribution in [3.63, 3.8) is 0 Å². The third-order valence-corrected chi connectivity index (χ3v) is 7.01. The Labute approximate surface area is 242 Å². The van der Waals surface area contributed by atoms with Gasteiger partial charge < -0.3 is 9.84 Å². The number of aliphatic carboxylic acids is 1. The predicted molar refractivity (Wildman–Crippen MR) is 163 cm³/mol. The first kappa shape index (κ1) is 26.1. The standard InChI is InChI=1S/C35H25ClN2O3/c36-28-16-18-29(19-17-28)38-34(27-12-6-10-25(20-27)24-8-2-1-3-9-24)22-33(37-38)32-15-5-4-14-31(32)26-11-7-13-30(21-26)41-23-35(39)40/h1-22H,23H2,(H,39,40). The summed E-state index contributed by atoms with van der Waals surface area (Å²) in [6.45, 7) is -0.401. The van der Waals surface area contributed by atoms with Crippen LogP contribution in [-0.2, 0) is 4.79 Å². The van der Waals surface area contributed by atoms with Crippen molar-refractivity contribution in [2.24, 2.45) is 0 Å². The van der Waals surface area contributed by atoms with E-state index in [1.807, 2.05) is 89.6 Å². The first-order valence-corrected chi connectivity index (χ1v) is 13.5. The number of halogens is 1. The highest BCUT2D eigenvalue weighted by molar-refractivity contribution is 6.30. The Bertz CT molecular complexity index is 1830. The van der Waals surface area contributed by atoms with Crippen molar-refractivity contribution in [2.45, 2.75) is 0 Å². The molecule has 200 valence electrons. The molecule has 0 fully saturated rings. The summed E-state index contributed by atoms with van der Waals surface area (Å²) >= 11 is 6.21. The summed E-state index contributed by atoms with van der Waals surface area (Å²) in [7, 11) is 0. The molecule has 1 aromatic heterocycles. The summed E-state index contributed by atoms with van der Waals surface area (Å²) in [5.74, 6) is -0.530. The molecule has 0 spiro atoms. The Morgan fingerprint density at radius 3 is 2.12 bits per heavy atom. The molecule has 0 saturated heterocycles. The smallest absolute Gasteiger partial charge is 0.341 e. The average molecular weight is 557 g/mol. The van der Waals surface area contributed by atoms with Crippen LogP contribution in [0.2, 0.25) is 5.02 Å². The highest BCUT2D eigenvalue weighted by atomic mass is 35.5. The maximum Gasteiger partial charge on any atom is 0.341 e. The number of hydrogen-bond donors (Lipinski definition) is 1. The lowest BCUT2D eigenvalue weighted by atomic mass is 9.97. The van der Waals surface area contributed by atoms with Crippen molar-refractivity contribution in [1.29, 1.82) is 0 Å². The summed E-state index contributed by atoms with van der Waals surface area (Å²) < 4.78 is 7.38. The Hall–Kier alpha value is -5.13. The van der Waals surface area contributed by atoms with Gasteiger partial charge in [0.15, 0.2) is 6.61 Å². The first-order chi connectivity index (χ1) is 20.0. The lowest BCUT2D eigenvalue weighted by molar-refractivity contribution is -0.139. The van der Waals surface area contributed by atoms with E-state index < -0.39 is 12.6 Å². The van der Waals surface area contributed by atoms with Crippen molar-refractivity contribution >= 4 is 17.6 Å². The van der Waals surface area contributed by atoms with Gasteiger partial charge in [-0.15, -0.1) is 0 Å². The van der Waals surface area contributed by atoms with Crippen LogP contribution < -0.4 is 4.74 Å². The van der Waals surface area contributed by atoms with Gasteiger partial charge in [0.1, 0.15) is 5.75 Å². The molecule has 6 rings (SSSR count). The lowest BCUT2D eigenvalue weighted by Gasteiger charge is -2.10. The molecular formula is C35H25ClN2O3. The Balaban J connectivity index is 1.48. The molecule has 0 atom stereocenters. The Morgan fingerprint density at radius 2 is 1.34 bits per heavy atom. The molecular weight excluding hydrogens is 532 g/mol. The quantitative estimate of drug-likeness (QED) is 0.204. The van der Waals surface area contributed by atoms with Gasteiger partial charge in [-0.05, 0) is 70.8 Å². The van der Waals surface area contributed by atoms with Gasteiger partial charge in [0.2, 0.25) is 0 Å². The van der Waals surface area contributed by atoms with Gasteiger partial charge in [0.05, 0.1) is 17.1 Å². The van der Waals surface area contributed by atoms with Crippen molar-refractivity contribution in [1.82, 2.24) is 9.78 Å². The van der Waals surface area contributed by atoms with E-state index in [1.165, 1.54) is 0 Å². The van der Waals surface area contributed by atoms with Gasteiger partial charge in [-0.2, -0.15) is 5.10 Å². The lowest BCUT2D eigenvalue weighted by Crippen LogP contribution is -2.09. The summed E-state index contributed by atoms with van der Waals surface area (Å²) in [6, 6.07) is 43.9. The predicted octanol–water partition coefficient (Wildman–Crippen LogP) is 8.66. The van der Waals surface area contributed by atoms with Crippen LogP contribution in [0.4, 0.5) is 0 Å². The van der Waals surface area contributed by atoms with Crippen LogP contribution in [0.15, 0.2) is 133 Å². The third kappa shape index (κ3) is 5.76. The molecule has 5 nitrogen and oxygen atoms in total. The van der Waals surface area contributed by atoms with E-state index >= 15 is 0 Å². The fourth-order valence-electron chi connectivity index (χ4n) is 4.84. The minimum atomic E-state index is -1.02. The Kier molecular flexibility index (Phi) is 7.35. The number of carboxylic acids is 1. The highest BCUT2D eigenvalue weighted by Crippen LogP contribution is 2.36. The minimum Gasteiger partial charge on any atom is -0.482 e. The zero-order valence-corrected chi connectivity index (χ0v) is 22.7. The molecule has 0 amide bonds. The maximum absolute atomic E-state index is 11.0. The molecule has 1 N–H and O–H groups in total. The molecule has 0 aliphatic heterocycles. The van der Waals surface area contributed by atoms with E-state index in [-0.39, 0.29) is 0 Å². The number of hydrogen-bond acceptors (Lipinski definition) is 3. The van der Waals surface area contributed by atoms with Gasteiger partial charge in [-0.25, -0.2) is 9.48 Å². The molecule has 0 bridgehead atoms. The Morgan fingerprint density at radius 1 is 0.683 bits per heavy atom. The number of ether oxygens (including phenoxy) is 1. The van der Waals surface area contributed by atoms with Crippen molar-refractivity contribution in [2.75, 3.05) is 6.61 Å². The monoisotopic (exact) mass is 556 g/mol. The van der Waals surface area contributed by atoms with E-state index in [0.29, 0.717) is 10.8 Å². The fourth-order valence-corrected chi connectivity index (χ4v) is 4.97. The van der Waals surface area contributed by atoms with Gasteiger partial charge in [0, 0.05) is 16.1 Å². The minimum absolute atomic E-state index is 0.401. The van der Waals surface area contributed by atoms with Crippen LogP contribution in [0.5, 0.6) is 5.75 Å². The molecule has 0 aliphatic carbocycles. The summed E-state index contributed by atoms with van der Waals surface area (Å²) in [5, 5.41) is 14.8. The molecule has 0 radical (unpaired) electrons. The largest absolute Gasteiger partial charge is 0.482 e. The molecule has 6 heteroatoms. The van der Waals surface area contributed by atoms with Crippen LogP contribution >= 0.6 is 11.6 Å². The summed E-state index contributed by atoms with van der Waals surface area (Å²) in [5.41, 5.74) is 8.71. The van der Waals surface area contributed by atoms with E-state index in [0.717, 1.165) is 50.5 Å². The van der Waals surface area contributed by atoms with Crippen LogP contribution in [0.3, 0.4) is 0 Å². The van der Waals surface area contributed by atoms with Crippen molar-refractivity contribution in [3.05, 3.63) is 138 Å². The number of carbonyl (C=O) groups is 1. The second-order valence-corrected chi connectivity index (χ2v) is 9.94. The van der Waals surface area contributed by atoms with Crippen LogP contribution in [0.25, 0.3) is 50.5 Å². The first-order valence-electron chi connectivity index (χ1n) is 13.1. The molecule has 0 saturated carbocycles. The number of aromatic nitrogens is 2.